The van der Waals surface area contributed by atoms with E-state index in [0.717, 1.165) is 50.5 Å². The van der Waals surface area contributed by atoms with E-state index in [4.69, 9.17) is 4.74 Å². The van der Waals surface area contributed by atoms with Crippen LogP contribution >= 0.6 is 11.3 Å². The molecule has 3 rings (SSSR count). The number of fused-ring (bicyclic) bond motifs is 1. The molecule has 0 spiro atoms. The number of hydrogen-bond donors (Lipinski definition) is 1. The average Bonchev–Trinajstić information content (AvgIpc) is 2.94. The van der Waals surface area contributed by atoms with Crippen LogP contribution in [0.15, 0.2) is 0 Å². The maximum atomic E-state index is 12.2. The van der Waals surface area contributed by atoms with Crippen LogP contribution in [0.2, 0.25) is 0 Å². The van der Waals surface area contributed by atoms with Crippen molar-refractivity contribution >= 4 is 28.2 Å². The Balaban J connectivity index is 1.65. The van der Waals surface area contributed by atoms with Crippen LogP contribution in [0.1, 0.15) is 68.9 Å². The molecule has 1 N–H and O–H groups in total. The lowest BCUT2D eigenvalue weighted by Crippen LogP contribution is -2.28. The largest absolute Gasteiger partial charge is 0.455 e. The Bertz CT molecular complexity index is 771. The molecule has 0 saturated heterocycles. The van der Waals surface area contributed by atoms with Gasteiger partial charge in [0.2, 0.25) is 0 Å². The van der Waals surface area contributed by atoms with E-state index >= 15 is 0 Å². The highest BCUT2D eigenvalue weighted by Gasteiger charge is 2.34. The van der Waals surface area contributed by atoms with E-state index in [2.05, 4.69) is 32.2 Å². The summed E-state index contributed by atoms with van der Waals surface area (Å²) < 4.78 is 5.10. The Labute approximate surface area is 165 Å². The zero-order valence-corrected chi connectivity index (χ0v) is 17.2. The van der Waals surface area contributed by atoms with Crippen molar-refractivity contribution in [3.05, 3.63) is 16.0 Å². The molecule has 27 heavy (non-hydrogen) atoms. The normalized spacial score (nSPS) is 19.6. The number of rotatable bonds is 6. The lowest BCUT2D eigenvalue weighted by atomic mass is 9.69. The van der Waals surface area contributed by atoms with Gasteiger partial charge < -0.3 is 10.1 Å². The van der Waals surface area contributed by atoms with Crippen LogP contribution in [0.25, 0.3) is 0 Å². The van der Waals surface area contributed by atoms with Gasteiger partial charge in [0, 0.05) is 4.88 Å². The molecule has 0 aromatic carbocycles. The van der Waals surface area contributed by atoms with Gasteiger partial charge in [-0.1, -0.05) is 33.6 Å². The summed E-state index contributed by atoms with van der Waals surface area (Å²) in [7, 11) is 0. The monoisotopic (exact) mass is 388 g/mol. The van der Waals surface area contributed by atoms with Gasteiger partial charge in [-0.15, -0.1) is 11.3 Å². The van der Waals surface area contributed by atoms with Gasteiger partial charge in [-0.05, 0) is 49.0 Å². The zero-order chi connectivity index (χ0) is 19.6. The van der Waals surface area contributed by atoms with Gasteiger partial charge in [-0.25, -0.2) is 0 Å². The van der Waals surface area contributed by atoms with Crippen molar-refractivity contribution in [3.63, 3.8) is 0 Å². The van der Waals surface area contributed by atoms with Crippen LogP contribution in [-0.2, 0) is 27.2 Å². The second kappa shape index (κ2) is 8.02. The van der Waals surface area contributed by atoms with Crippen LogP contribution < -0.4 is 5.32 Å². The second-order valence-electron chi connectivity index (χ2n) is 8.39. The van der Waals surface area contributed by atoms with Crippen molar-refractivity contribution in [1.29, 1.82) is 5.26 Å². The van der Waals surface area contributed by atoms with Gasteiger partial charge in [0.1, 0.15) is 11.1 Å². The minimum absolute atomic E-state index is 0.0413. The molecule has 2 aliphatic rings. The van der Waals surface area contributed by atoms with Crippen LogP contribution in [0.4, 0.5) is 5.00 Å². The van der Waals surface area contributed by atoms with Crippen LogP contribution in [0.5, 0.6) is 0 Å². The number of ether oxygens (including phenoxy) is 1. The van der Waals surface area contributed by atoms with E-state index in [-0.39, 0.29) is 29.8 Å². The van der Waals surface area contributed by atoms with Crippen LogP contribution in [-0.4, -0.2) is 18.5 Å². The highest BCUT2D eigenvalue weighted by Crippen LogP contribution is 2.45. The molecule has 5 nitrogen and oxygen atoms in total. The quantitative estimate of drug-likeness (QED) is 0.731. The van der Waals surface area contributed by atoms with Gasteiger partial charge in [-0.2, -0.15) is 5.26 Å². The average molecular weight is 389 g/mol. The summed E-state index contributed by atoms with van der Waals surface area (Å²) in [6.07, 6.45) is 6.80. The SMILES string of the molecule is CCC(C)(C)[C@@H]1CCc2c(sc(NC(=O)COC(=O)C3CCC3)c2C#N)C1. The van der Waals surface area contributed by atoms with E-state index in [9.17, 15) is 14.9 Å². The van der Waals surface area contributed by atoms with Crippen LogP contribution in [0, 0.1) is 28.6 Å². The Morgan fingerprint density at radius 1 is 1.33 bits per heavy atom. The topological polar surface area (TPSA) is 79.2 Å². The third kappa shape index (κ3) is 4.19. The number of hydrogen-bond acceptors (Lipinski definition) is 5. The molecule has 1 aromatic heterocycles. The minimum atomic E-state index is -0.372. The van der Waals surface area contributed by atoms with E-state index in [1.807, 2.05) is 0 Å². The maximum absolute atomic E-state index is 12.2. The van der Waals surface area contributed by atoms with Crippen molar-refractivity contribution in [2.75, 3.05) is 11.9 Å². The van der Waals surface area contributed by atoms with E-state index in [0.29, 0.717) is 16.5 Å². The van der Waals surface area contributed by atoms with E-state index < -0.39 is 0 Å². The number of nitrogens with one attached hydrogen (secondary N) is 1. The summed E-state index contributed by atoms with van der Waals surface area (Å²) in [5.74, 6) is -0.109. The molecule has 1 amide bonds. The highest BCUT2D eigenvalue weighted by atomic mass is 32.1. The fraction of sp³-hybridized carbons (Fsp3) is 0.667. The van der Waals surface area contributed by atoms with Gasteiger partial charge in [0.15, 0.2) is 6.61 Å². The first kappa shape index (κ1) is 19.9. The Morgan fingerprint density at radius 2 is 2.07 bits per heavy atom. The number of nitriles is 1. The molecule has 0 aliphatic heterocycles. The third-order valence-corrected chi connectivity index (χ3v) is 7.60. The molecule has 1 aromatic rings. The number of carbonyl (C=O) groups excluding carboxylic acids is 2. The summed E-state index contributed by atoms with van der Waals surface area (Å²) >= 11 is 1.51. The van der Waals surface area contributed by atoms with Gasteiger partial charge >= 0.3 is 5.97 Å². The molecule has 1 saturated carbocycles. The molecule has 6 heteroatoms. The summed E-state index contributed by atoms with van der Waals surface area (Å²) in [6.45, 7) is 6.55. The Hall–Kier alpha value is -1.87. The summed E-state index contributed by atoms with van der Waals surface area (Å²) in [5.41, 5.74) is 1.95. The van der Waals surface area contributed by atoms with Crippen molar-refractivity contribution in [1.82, 2.24) is 0 Å². The minimum Gasteiger partial charge on any atom is -0.455 e. The highest BCUT2D eigenvalue weighted by molar-refractivity contribution is 7.16. The first-order valence-electron chi connectivity index (χ1n) is 9.86. The fourth-order valence-electron chi connectivity index (χ4n) is 3.81. The number of thiophene rings is 1. The lowest BCUT2D eigenvalue weighted by molar-refractivity contribution is -0.154. The number of anilines is 1. The number of nitrogens with zero attached hydrogens (tertiary/aromatic N) is 1. The Morgan fingerprint density at radius 3 is 2.67 bits per heavy atom. The van der Waals surface area contributed by atoms with Gasteiger partial charge in [-0.3, -0.25) is 9.59 Å². The number of esters is 1. The molecule has 0 unspecified atom stereocenters. The molecule has 2 aliphatic carbocycles. The van der Waals surface area contributed by atoms with E-state index in [1.165, 1.54) is 16.2 Å². The van der Waals surface area contributed by atoms with E-state index in [1.54, 1.807) is 0 Å². The standard InChI is InChI=1S/C21H28N2O3S/c1-4-21(2,3)14-8-9-15-16(11-22)19(27-17(15)10-14)23-18(24)12-26-20(25)13-6-5-7-13/h13-14H,4-10,12H2,1-3H3,(H,23,24)/t14-/m1/s1. The maximum Gasteiger partial charge on any atom is 0.309 e. The molecule has 1 fully saturated rings. The lowest BCUT2D eigenvalue weighted by Gasteiger charge is -2.36. The van der Waals surface area contributed by atoms with Crippen molar-refractivity contribution < 1.29 is 14.3 Å². The van der Waals surface area contributed by atoms with Gasteiger partial charge in [0.25, 0.3) is 5.91 Å². The Kier molecular flexibility index (Phi) is 5.90. The molecular formula is C21H28N2O3S. The second-order valence-corrected chi connectivity index (χ2v) is 9.49. The molecule has 1 heterocycles. The molecule has 0 bridgehead atoms. The summed E-state index contributed by atoms with van der Waals surface area (Å²) in [4.78, 5) is 25.2. The molecule has 1 atom stereocenters. The summed E-state index contributed by atoms with van der Waals surface area (Å²) in [6, 6.07) is 2.27. The number of carbonyl (C=O) groups is 2. The number of amides is 1. The van der Waals surface area contributed by atoms with Gasteiger partial charge in [0.05, 0.1) is 11.5 Å². The third-order valence-electron chi connectivity index (χ3n) is 6.43. The van der Waals surface area contributed by atoms with Crippen LogP contribution in [0.3, 0.4) is 0 Å². The van der Waals surface area contributed by atoms with Crippen molar-refractivity contribution in [2.24, 2.45) is 17.3 Å². The predicted molar refractivity (Wildman–Crippen MR) is 106 cm³/mol. The first-order valence-corrected chi connectivity index (χ1v) is 10.7. The van der Waals surface area contributed by atoms with Crippen molar-refractivity contribution in [3.8, 4) is 6.07 Å². The van der Waals surface area contributed by atoms with Crippen molar-refractivity contribution in [2.45, 2.75) is 65.7 Å². The zero-order valence-electron chi connectivity index (χ0n) is 16.4. The molecule has 0 radical (unpaired) electrons. The first-order chi connectivity index (χ1) is 12.9. The molecular weight excluding hydrogens is 360 g/mol. The summed E-state index contributed by atoms with van der Waals surface area (Å²) in [5, 5.41) is 13.0. The molecule has 146 valence electrons. The predicted octanol–water partition coefficient (Wildman–Crippen LogP) is 4.44. The smallest absolute Gasteiger partial charge is 0.309 e. The fourth-order valence-corrected chi connectivity index (χ4v) is 5.10.